The number of amides is 4. The molecule has 0 radical (unpaired) electrons. The summed E-state index contributed by atoms with van der Waals surface area (Å²) in [6.07, 6.45) is 2.74. The van der Waals surface area contributed by atoms with Crippen LogP contribution in [0, 0.1) is 0 Å². The van der Waals surface area contributed by atoms with Crippen LogP contribution in [0.15, 0.2) is 41.7 Å². The summed E-state index contributed by atoms with van der Waals surface area (Å²) in [5.41, 5.74) is 0.206. The normalized spacial score (nSPS) is 12.7. The van der Waals surface area contributed by atoms with Crippen LogP contribution in [0.3, 0.4) is 0 Å². The number of benzene rings is 2. The van der Waals surface area contributed by atoms with Crippen LogP contribution < -0.4 is 30.7 Å². The van der Waals surface area contributed by atoms with Crippen LogP contribution in [-0.2, 0) is 19.1 Å². The van der Waals surface area contributed by atoms with Crippen LogP contribution in [0.4, 0.5) is 32.3 Å². The molecule has 16 heteroatoms. The van der Waals surface area contributed by atoms with Gasteiger partial charge in [-0.05, 0) is 0 Å². The Morgan fingerprint density at radius 1 is 0.707 bits per heavy atom. The molecule has 0 saturated carbocycles. The third kappa shape index (κ3) is 7.54. The van der Waals surface area contributed by atoms with Crippen molar-refractivity contribution < 1.29 is 52.8 Å². The highest BCUT2D eigenvalue weighted by atomic mass is 16.5. The molecular formula is C25H29N6O10+. The standard InChI is InChI=1S/C25H28N6O10/c1-38-20-9-14(29-24(36)40-3)18(32)7-16(20)27-22(34)11-31(6-5-26-13-31)12-23(35)28-17-8-19(33)15(10-21(17)39-2)30-25(37)41-4/h5-10,13H,11-12H2,1-4H3,(H5-,27,28,29,30,32,33,34,35,36,37)/p+1. The number of hydrogen-bond donors (Lipinski definition) is 6. The number of ether oxygens (including phenoxy) is 4. The Labute approximate surface area is 233 Å². The van der Waals surface area contributed by atoms with E-state index in [4.69, 9.17) is 9.47 Å². The first kappa shape index (κ1) is 30.0. The molecule has 0 aliphatic carbocycles. The maximum Gasteiger partial charge on any atom is 0.411 e. The lowest BCUT2D eigenvalue weighted by Gasteiger charge is -2.26. The fourth-order valence-corrected chi connectivity index (χ4v) is 3.73. The lowest BCUT2D eigenvalue weighted by molar-refractivity contribution is -0.760. The Morgan fingerprint density at radius 3 is 1.49 bits per heavy atom. The number of phenolic OH excluding ortho intramolecular Hbond substituents is 2. The fraction of sp³-hybridized carbons (Fsp3) is 0.240. The number of carbonyl (C=O) groups is 4. The van der Waals surface area contributed by atoms with E-state index in [0.717, 1.165) is 14.2 Å². The summed E-state index contributed by atoms with van der Waals surface area (Å²) in [7, 11) is 4.99. The molecule has 1 aliphatic heterocycles. The van der Waals surface area contributed by atoms with Gasteiger partial charge in [-0.25, -0.2) is 19.1 Å². The van der Waals surface area contributed by atoms with Crippen LogP contribution in [-0.4, -0.2) is 86.6 Å². The van der Waals surface area contributed by atoms with Crippen LogP contribution in [0.2, 0.25) is 0 Å². The van der Waals surface area contributed by atoms with Crippen LogP contribution in [0.25, 0.3) is 0 Å². The Bertz CT molecular complexity index is 1300. The summed E-state index contributed by atoms with van der Waals surface area (Å²) in [5, 5.41) is 30.4. The van der Waals surface area contributed by atoms with Gasteiger partial charge in [0.2, 0.25) is 0 Å². The van der Waals surface area contributed by atoms with Crippen molar-refractivity contribution in [3.05, 3.63) is 36.7 Å². The summed E-state index contributed by atoms with van der Waals surface area (Å²) in [6, 6.07) is 4.96. The fourth-order valence-electron chi connectivity index (χ4n) is 3.73. The van der Waals surface area contributed by atoms with Crippen molar-refractivity contribution in [3.63, 3.8) is 0 Å². The first-order chi connectivity index (χ1) is 19.5. The smallest absolute Gasteiger partial charge is 0.411 e. The first-order valence-electron chi connectivity index (χ1n) is 11.7. The number of nitrogens with zero attached hydrogens (tertiary/aromatic N) is 2. The molecule has 6 N–H and O–H groups in total. The summed E-state index contributed by atoms with van der Waals surface area (Å²) in [6.45, 7) is -0.548. The maximum atomic E-state index is 13.0. The number of quaternary nitrogens is 1. The van der Waals surface area contributed by atoms with Crippen molar-refractivity contribution in [1.82, 2.24) is 0 Å². The number of methoxy groups -OCH3 is 4. The third-order valence-corrected chi connectivity index (χ3v) is 5.65. The molecule has 0 atom stereocenters. The zero-order valence-electron chi connectivity index (χ0n) is 22.5. The molecule has 0 unspecified atom stereocenters. The van der Waals surface area contributed by atoms with Gasteiger partial charge in [-0.3, -0.25) is 20.2 Å². The lowest BCUT2D eigenvalue weighted by atomic mass is 10.2. The highest BCUT2D eigenvalue weighted by Gasteiger charge is 2.33. The van der Waals surface area contributed by atoms with Crippen molar-refractivity contribution in [2.75, 3.05) is 62.8 Å². The Morgan fingerprint density at radius 2 is 1.15 bits per heavy atom. The molecule has 0 bridgehead atoms. The van der Waals surface area contributed by atoms with Gasteiger partial charge in [0, 0.05) is 24.3 Å². The van der Waals surface area contributed by atoms with Gasteiger partial charge in [-0.2, -0.15) is 0 Å². The van der Waals surface area contributed by atoms with E-state index in [1.807, 2.05) is 0 Å². The molecule has 0 fully saturated rings. The Balaban J connectivity index is 1.74. The van der Waals surface area contributed by atoms with Gasteiger partial charge in [-0.1, -0.05) is 0 Å². The highest BCUT2D eigenvalue weighted by Crippen LogP contribution is 2.37. The van der Waals surface area contributed by atoms with Crippen LogP contribution >= 0.6 is 0 Å². The molecular weight excluding hydrogens is 544 g/mol. The number of anilines is 4. The zero-order valence-corrected chi connectivity index (χ0v) is 22.5. The maximum absolute atomic E-state index is 13.0. The van der Waals surface area contributed by atoms with Crippen LogP contribution in [0.5, 0.6) is 23.0 Å². The van der Waals surface area contributed by atoms with Gasteiger partial charge in [0.25, 0.3) is 11.8 Å². The molecule has 1 heterocycles. The van der Waals surface area contributed by atoms with Gasteiger partial charge in [0.15, 0.2) is 19.4 Å². The molecule has 2 aromatic rings. The zero-order chi connectivity index (χ0) is 30.2. The van der Waals surface area contributed by atoms with Crippen molar-refractivity contribution >= 4 is 53.1 Å². The minimum absolute atomic E-state index is 0.00273. The molecule has 0 spiro atoms. The second kappa shape index (κ2) is 13.0. The largest absolute Gasteiger partial charge is 0.506 e. The van der Waals surface area contributed by atoms with E-state index in [-0.39, 0.29) is 63.3 Å². The molecule has 3 rings (SSSR count). The van der Waals surface area contributed by atoms with Gasteiger partial charge in [0.1, 0.15) is 29.2 Å². The molecule has 16 nitrogen and oxygen atoms in total. The molecule has 0 aromatic heterocycles. The van der Waals surface area contributed by atoms with Crippen molar-refractivity contribution in [3.8, 4) is 23.0 Å². The van der Waals surface area contributed by atoms with Gasteiger partial charge in [-0.15, -0.1) is 0 Å². The predicted molar refractivity (Wildman–Crippen MR) is 146 cm³/mol. The average molecular weight is 574 g/mol. The van der Waals surface area contributed by atoms with E-state index in [9.17, 15) is 29.4 Å². The van der Waals surface area contributed by atoms with Gasteiger partial charge >= 0.3 is 12.2 Å². The monoisotopic (exact) mass is 573 g/mol. The van der Waals surface area contributed by atoms with E-state index in [1.54, 1.807) is 0 Å². The van der Waals surface area contributed by atoms with Crippen molar-refractivity contribution in [2.45, 2.75) is 0 Å². The first-order valence-corrected chi connectivity index (χ1v) is 11.7. The summed E-state index contributed by atoms with van der Waals surface area (Å²) < 4.78 is 19.2. The van der Waals surface area contributed by atoms with Crippen molar-refractivity contribution in [2.24, 2.45) is 4.99 Å². The number of aliphatic imine (C=N–C) groups is 1. The Hall–Kier alpha value is -5.51. The lowest BCUT2D eigenvalue weighted by Crippen LogP contribution is -2.50. The topological polar surface area (TPSA) is 206 Å². The number of phenols is 2. The third-order valence-electron chi connectivity index (χ3n) is 5.65. The van der Waals surface area contributed by atoms with Gasteiger partial charge < -0.3 is 39.8 Å². The van der Waals surface area contributed by atoms with E-state index in [1.165, 1.54) is 57.2 Å². The van der Waals surface area contributed by atoms with E-state index in [0.29, 0.717) is 0 Å². The molecule has 4 amide bonds. The molecule has 2 aromatic carbocycles. The highest BCUT2D eigenvalue weighted by molar-refractivity contribution is 5.98. The van der Waals surface area contributed by atoms with E-state index in [2.05, 4.69) is 35.7 Å². The summed E-state index contributed by atoms with van der Waals surface area (Å²) >= 11 is 0. The number of carbonyl (C=O) groups excluding carboxylic acids is 4. The minimum atomic E-state index is -0.814. The number of aromatic hydroxyl groups is 2. The van der Waals surface area contributed by atoms with Gasteiger partial charge in [0.05, 0.1) is 57.4 Å². The second-order valence-corrected chi connectivity index (χ2v) is 8.45. The van der Waals surface area contributed by atoms with Crippen LogP contribution in [0.1, 0.15) is 0 Å². The average Bonchev–Trinajstić information content (AvgIpc) is 3.38. The molecule has 41 heavy (non-hydrogen) atoms. The Kier molecular flexibility index (Phi) is 9.54. The minimum Gasteiger partial charge on any atom is -0.506 e. The van der Waals surface area contributed by atoms with E-state index >= 15 is 0 Å². The molecule has 0 saturated heterocycles. The second-order valence-electron chi connectivity index (χ2n) is 8.45. The predicted octanol–water partition coefficient (Wildman–Crippen LogP) is 2.38. The SMILES string of the molecule is COC(=O)Nc1cc(OC)c(NC(=O)C[N+]2(CC(=O)Nc3cc(O)c(NC(=O)OC)cc3OC)C=CN=C2)cc1O. The quantitative estimate of drug-likeness (QED) is 0.181. The molecule has 1 aliphatic rings. The molecule has 218 valence electrons. The van der Waals surface area contributed by atoms with E-state index < -0.39 is 24.0 Å². The number of hydrogen-bond acceptors (Lipinski definition) is 11. The summed E-state index contributed by atoms with van der Waals surface area (Å²) in [5.74, 6) is -1.57. The summed E-state index contributed by atoms with van der Waals surface area (Å²) in [4.78, 5) is 53.1. The number of rotatable bonds is 10. The number of nitrogens with one attached hydrogen (secondary N) is 4. The van der Waals surface area contributed by atoms with Crippen molar-refractivity contribution in [1.29, 1.82) is 0 Å².